The average Bonchev–Trinajstić information content (AvgIpc) is 3.14. The molecule has 1 aliphatic heterocycles. The van der Waals surface area contributed by atoms with Crippen LogP contribution < -0.4 is 16.2 Å². The van der Waals surface area contributed by atoms with Crippen LogP contribution in [0.1, 0.15) is 26.4 Å². The molecule has 146 valence electrons. The Balaban J connectivity index is 1.55. The molecule has 30 heavy (non-hydrogen) atoms. The highest BCUT2D eigenvalue weighted by Gasteiger charge is 2.28. The zero-order valence-electron chi connectivity index (χ0n) is 15.9. The molecule has 2 heterocycles. The number of carbonyl (C=O) groups excluding carboxylic acids is 2. The third-order valence-corrected chi connectivity index (χ3v) is 5.27. The summed E-state index contributed by atoms with van der Waals surface area (Å²) in [6.07, 6.45) is 0. The van der Waals surface area contributed by atoms with Crippen molar-refractivity contribution in [2.24, 2.45) is 5.84 Å². The predicted molar refractivity (Wildman–Crippen MR) is 114 cm³/mol. The number of aromatic nitrogens is 2. The molecule has 2 amide bonds. The van der Waals surface area contributed by atoms with Gasteiger partial charge in [-0.3, -0.25) is 15.0 Å². The summed E-state index contributed by atoms with van der Waals surface area (Å²) in [5.74, 6) is 4.69. The molecule has 0 radical (unpaired) electrons. The minimum absolute atomic E-state index is 0.00194. The number of benzene rings is 3. The fourth-order valence-corrected chi connectivity index (χ4v) is 3.79. The molecule has 7 heteroatoms. The Labute approximate surface area is 172 Å². The first-order valence-electron chi connectivity index (χ1n) is 9.43. The molecule has 0 atom stereocenters. The fraction of sp³-hybridized carbons (Fsp3) is 0.0435. The van der Waals surface area contributed by atoms with E-state index in [1.807, 2.05) is 66.7 Å². The number of nitrogens with zero attached hydrogens (tertiary/aromatic N) is 3. The van der Waals surface area contributed by atoms with E-state index in [2.05, 4.69) is 15.6 Å². The van der Waals surface area contributed by atoms with Crippen molar-refractivity contribution >= 4 is 28.4 Å². The zero-order valence-corrected chi connectivity index (χ0v) is 15.9. The van der Waals surface area contributed by atoms with E-state index in [0.717, 1.165) is 27.8 Å². The lowest BCUT2D eigenvalue weighted by molar-refractivity contribution is 0.0946. The molecule has 0 bridgehead atoms. The van der Waals surface area contributed by atoms with Crippen LogP contribution in [0.3, 0.4) is 0 Å². The van der Waals surface area contributed by atoms with Crippen molar-refractivity contribution in [3.05, 3.63) is 89.6 Å². The molecular weight excluding hydrogens is 378 g/mol. The second-order valence-electron chi connectivity index (χ2n) is 7.05. The lowest BCUT2D eigenvalue weighted by Gasteiger charge is -2.15. The molecule has 3 N–H and O–H groups in total. The Bertz CT molecular complexity index is 1300. The molecular formula is C23H17N5O2. The third kappa shape index (κ3) is 2.89. The van der Waals surface area contributed by atoms with Crippen LogP contribution in [0.25, 0.3) is 22.0 Å². The largest absolute Gasteiger partial charge is 0.304 e. The standard InChI is InChI=1S/C23H17N5O2/c24-25-22(29)20-12-15-5-4-8-18(21(15)27-26-20)14-9-10-19-16(11-14)13-28(23(19)30)17-6-2-1-3-7-17/h1-12H,13,24H2,(H,25,29). The Hall–Kier alpha value is -4.10. The van der Waals surface area contributed by atoms with Crippen LogP contribution in [0.4, 0.5) is 5.69 Å². The van der Waals surface area contributed by atoms with E-state index in [9.17, 15) is 9.59 Å². The van der Waals surface area contributed by atoms with Crippen molar-refractivity contribution in [3.8, 4) is 11.1 Å². The summed E-state index contributed by atoms with van der Waals surface area (Å²) in [7, 11) is 0. The van der Waals surface area contributed by atoms with Crippen LogP contribution in [0.5, 0.6) is 0 Å². The van der Waals surface area contributed by atoms with Gasteiger partial charge in [0.15, 0.2) is 5.69 Å². The van der Waals surface area contributed by atoms with E-state index in [-0.39, 0.29) is 11.6 Å². The predicted octanol–water partition coefficient (Wildman–Crippen LogP) is 3.06. The second kappa shape index (κ2) is 7.06. The molecule has 1 aliphatic rings. The molecule has 0 saturated heterocycles. The monoisotopic (exact) mass is 395 g/mol. The normalized spacial score (nSPS) is 12.8. The van der Waals surface area contributed by atoms with Crippen molar-refractivity contribution in [3.63, 3.8) is 0 Å². The minimum atomic E-state index is -0.494. The van der Waals surface area contributed by atoms with E-state index in [1.54, 1.807) is 11.0 Å². The number of nitrogens with two attached hydrogens (primary N) is 1. The average molecular weight is 395 g/mol. The van der Waals surface area contributed by atoms with Crippen LogP contribution in [-0.4, -0.2) is 22.0 Å². The molecule has 0 spiro atoms. The lowest BCUT2D eigenvalue weighted by Crippen LogP contribution is -2.30. The fourth-order valence-electron chi connectivity index (χ4n) is 3.79. The van der Waals surface area contributed by atoms with Gasteiger partial charge in [-0.2, -0.15) is 0 Å². The van der Waals surface area contributed by atoms with Gasteiger partial charge in [0.1, 0.15) is 5.52 Å². The number of nitrogen functional groups attached to an aromatic ring is 1. The van der Waals surface area contributed by atoms with Crippen molar-refractivity contribution in [2.45, 2.75) is 6.54 Å². The Morgan fingerprint density at radius 1 is 0.933 bits per heavy atom. The summed E-state index contributed by atoms with van der Waals surface area (Å²) in [5, 5.41) is 9.03. The van der Waals surface area contributed by atoms with Crippen molar-refractivity contribution < 1.29 is 9.59 Å². The molecule has 5 rings (SSSR count). The number of amides is 2. The number of para-hydroxylation sites is 1. The van der Waals surface area contributed by atoms with Gasteiger partial charge in [0.25, 0.3) is 11.8 Å². The van der Waals surface area contributed by atoms with Gasteiger partial charge in [0.05, 0.1) is 6.54 Å². The number of hydrogen-bond acceptors (Lipinski definition) is 5. The van der Waals surface area contributed by atoms with Crippen LogP contribution in [0, 0.1) is 0 Å². The lowest BCUT2D eigenvalue weighted by atomic mass is 9.98. The number of anilines is 1. The smallest absolute Gasteiger partial charge is 0.285 e. The Morgan fingerprint density at radius 3 is 2.57 bits per heavy atom. The van der Waals surface area contributed by atoms with Gasteiger partial charge in [-0.25, -0.2) is 5.84 Å². The third-order valence-electron chi connectivity index (χ3n) is 5.27. The first-order chi connectivity index (χ1) is 14.7. The number of hydrazine groups is 1. The Morgan fingerprint density at radius 2 is 1.77 bits per heavy atom. The number of hydrogen-bond donors (Lipinski definition) is 2. The highest BCUT2D eigenvalue weighted by atomic mass is 16.2. The molecule has 1 aromatic heterocycles. The van der Waals surface area contributed by atoms with Gasteiger partial charge in [-0.15, -0.1) is 10.2 Å². The van der Waals surface area contributed by atoms with Crippen LogP contribution in [0.15, 0.2) is 72.8 Å². The highest BCUT2D eigenvalue weighted by molar-refractivity contribution is 6.10. The van der Waals surface area contributed by atoms with Gasteiger partial charge in [-0.05, 0) is 41.5 Å². The topological polar surface area (TPSA) is 101 Å². The van der Waals surface area contributed by atoms with Gasteiger partial charge in [0, 0.05) is 22.2 Å². The summed E-state index contributed by atoms with van der Waals surface area (Å²) in [5.41, 5.74) is 7.26. The van der Waals surface area contributed by atoms with Gasteiger partial charge < -0.3 is 4.90 Å². The molecule has 0 fully saturated rings. The maximum atomic E-state index is 12.8. The molecule has 3 aromatic carbocycles. The maximum absolute atomic E-state index is 12.8. The maximum Gasteiger partial charge on any atom is 0.285 e. The van der Waals surface area contributed by atoms with E-state index in [0.29, 0.717) is 17.6 Å². The first kappa shape index (κ1) is 18.0. The van der Waals surface area contributed by atoms with Crippen LogP contribution in [-0.2, 0) is 6.54 Å². The van der Waals surface area contributed by atoms with E-state index < -0.39 is 5.91 Å². The minimum Gasteiger partial charge on any atom is -0.304 e. The van der Waals surface area contributed by atoms with Crippen LogP contribution in [0.2, 0.25) is 0 Å². The summed E-state index contributed by atoms with van der Waals surface area (Å²) in [6, 6.07) is 22.8. The number of fused-ring (bicyclic) bond motifs is 2. The van der Waals surface area contributed by atoms with E-state index in [1.165, 1.54) is 0 Å². The number of rotatable bonds is 3. The first-order valence-corrected chi connectivity index (χ1v) is 9.43. The zero-order chi connectivity index (χ0) is 20.7. The molecule has 0 unspecified atom stereocenters. The van der Waals surface area contributed by atoms with Crippen molar-refractivity contribution in [1.29, 1.82) is 0 Å². The SMILES string of the molecule is NNC(=O)c1cc2cccc(-c3ccc4c(c3)CN(c3ccccc3)C4=O)c2nn1. The number of nitrogens with one attached hydrogen (secondary N) is 1. The highest BCUT2D eigenvalue weighted by Crippen LogP contribution is 2.33. The van der Waals surface area contributed by atoms with Crippen molar-refractivity contribution in [1.82, 2.24) is 15.6 Å². The number of carbonyl (C=O) groups is 2. The van der Waals surface area contributed by atoms with Gasteiger partial charge in [-0.1, -0.05) is 42.5 Å². The summed E-state index contributed by atoms with van der Waals surface area (Å²) in [6.45, 7) is 0.517. The van der Waals surface area contributed by atoms with Gasteiger partial charge in [0.2, 0.25) is 0 Å². The van der Waals surface area contributed by atoms with Crippen LogP contribution >= 0.6 is 0 Å². The van der Waals surface area contributed by atoms with Gasteiger partial charge >= 0.3 is 0 Å². The molecule has 7 nitrogen and oxygen atoms in total. The second-order valence-corrected chi connectivity index (χ2v) is 7.05. The van der Waals surface area contributed by atoms with Crippen molar-refractivity contribution in [2.75, 3.05) is 4.90 Å². The molecule has 4 aromatic rings. The summed E-state index contributed by atoms with van der Waals surface area (Å²) in [4.78, 5) is 26.4. The quantitative estimate of drug-likeness (QED) is 0.315. The Kier molecular flexibility index (Phi) is 4.22. The molecule has 0 saturated carbocycles. The summed E-state index contributed by atoms with van der Waals surface area (Å²) < 4.78 is 0. The summed E-state index contributed by atoms with van der Waals surface area (Å²) >= 11 is 0. The molecule has 0 aliphatic carbocycles. The van der Waals surface area contributed by atoms with E-state index >= 15 is 0 Å². The van der Waals surface area contributed by atoms with E-state index in [4.69, 9.17) is 5.84 Å².